The third kappa shape index (κ3) is 3.70. The van der Waals surface area contributed by atoms with Crippen LogP contribution in [0.15, 0.2) is 18.2 Å². The minimum atomic E-state index is -0.367. The van der Waals surface area contributed by atoms with E-state index in [1.165, 1.54) is 0 Å². The van der Waals surface area contributed by atoms with E-state index in [1.807, 2.05) is 12.1 Å². The summed E-state index contributed by atoms with van der Waals surface area (Å²) in [6.45, 7) is 2.55. The minimum absolute atomic E-state index is 0.367. The van der Waals surface area contributed by atoms with Crippen molar-refractivity contribution in [2.75, 3.05) is 6.61 Å². The molecular formula is C11H16ClNO2. The van der Waals surface area contributed by atoms with E-state index in [0.29, 0.717) is 30.3 Å². The number of hydrogen-bond acceptors (Lipinski definition) is 3. The maximum atomic E-state index is 9.09. The van der Waals surface area contributed by atoms with Crippen molar-refractivity contribution >= 4 is 11.6 Å². The molecule has 3 nitrogen and oxygen atoms in total. The maximum Gasteiger partial charge on any atom is 0.142 e. The quantitative estimate of drug-likeness (QED) is 0.812. The number of aliphatic hydroxyl groups excluding tert-OH is 1. The Bertz CT molecular complexity index is 315. The Morgan fingerprint density at radius 2 is 2.27 bits per heavy atom. The molecule has 1 unspecified atom stereocenters. The molecule has 1 aromatic rings. The van der Waals surface area contributed by atoms with Crippen molar-refractivity contribution in [1.29, 1.82) is 0 Å². The molecule has 0 bridgehead atoms. The van der Waals surface area contributed by atoms with Gasteiger partial charge in [-0.1, -0.05) is 23.7 Å². The number of para-hydroxylation sites is 1. The van der Waals surface area contributed by atoms with E-state index in [1.54, 1.807) is 13.0 Å². The van der Waals surface area contributed by atoms with Crippen molar-refractivity contribution in [2.45, 2.75) is 26.0 Å². The number of ether oxygens (including phenoxy) is 1. The van der Waals surface area contributed by atoms with Crippen molar-refractivity contribution in [3.05, 3.63) is 28.8 Å². The second-order valence-electron chi connectivity index (χ2n) is 3.42. The SMILES string of the molecule is CC(O)CCOc1c(Cl)cccc1CN. The lowest BCUT2D eigenvalue weighted by Crippen LogP contribution is -2.09. The first-order valence-electron chi connectivity index (χ1n) is 4.93. The average molecular weight is 230 g/mol. The number of rotatable bonds is 5. The fourth-order valence-corrected chi connectivity index (χ4v) is 1.46. The molecule has 0 aliphatic rings. The van der Waals surface area contributed by atoms with Crippen LogP contribution in [0.25, 0.3) is 0 Å². The van der Waals surface area contributed by atoms with Crippen molar-refractivity contribution in [3.63, 3.8) is 0 Å². The number of nitrogens with two attached hydrogens (primary N) is 1. The Labute approximate surface area is 94.8 Å². The van der Waals surface area contributed by atoms with E-state index < -0.39 is 0 Å². The molecule has 0 heterocycles. The van der Waals surface area contributed by atoms with Crippen LogP contribution in [-0.4, -0.2) is 17.8 Å². The molecule has 0 radical (unpaired) electrons. The van der Waals surface area contributed by atoms with Gasteiger partial charge in [0.1, 0.15) is 5.75 Å². The van der Waals surface area contributed by atoms with E-state index in [9.17, 15) is 0 Å². The molecule has 0 aliphatic carbocycles. The highest BCUT2D eigenvalue weighted by Gasteiger charge is 2.07. The van der Waals surface area contributed by atoms with Crippen LogP contribution < -0.4 is 10.5 Å². The van der Waals surface area contributed by atoms with Crippen LogP contribution in [0.2, 0.25) is 5.02 Å². The molecule has 0 aromatic heterocycles. The van der Waals surface area contributed by atoms with Gasteiger partial charge < -0.3 is 15.6 Å². The first-order chi connectivity index (χ1) is 7.15. The van der Waals surface area contributed by atoms with Crippen LogP contribution in [-0.2, 0) is 6.54 Å². The molecule has 0 aliphatic heterocycles. The van der Waals surface area contributed by atoms with Gasteiger partial charge in [-0.3, -0.25) is 0 Å². The molecule has 15 heavy (non-hydrogen) atoms. The Hall–Kier alpha value is -0.770. The molecular weight excluding hydrogens is 214 g/mol. The molecule has 4 heteroatoms. The Morgan fingerprint density at radius 1 is 1.53 bits per heavy atom. The van der Waals surface area contributed by atoms with Gasteiger partial charge in [0.2, 0.25) is 0 Å². The Morgan fingerprint density at radius 3 is 2.87 bits per heavy atom. The van der Waals surface area contributed by atoms with Gasteiger partial charge in [-0.15, -0.1) is 0 Å². The summed E-state index contributed by atoms with van der Waals surface area (Å²) in [5.74, 6) is 0.627. The van der Waals surface area contributed by atoms with Gasteiger partial charge in [0.25, 0.3) is 0 Å². The van der Waals surface area contributed by atoms with Gasteiger partial charge in [0.05, 0.1) is 17.7 Å². The van der Waals surface area contributed by atoms with Crippen LogP contribution in [0.4, 0.5) is 0 Å². The Balaban J connectivity index is 2.66. The predicted octanol–water partition coefficient (Wildman–Crippen LogP) is 1.95. The smallest absolute Gasteiger partial charge is 0.142 e. The molecule has 1 rings (SSSR count). The maximum absolute atomic E-state index is 9.09. The molecule has 0 saturated heterocycles. The van der Waals surface area contributed by atoms with Crippen LogP contribution in [0, 0.1) is 0 Å². The normalized spacial score (nSPS) is 12.5. The van der Waals surface area contributed by atoms with Crippen molar-refractivity contribution in [1.82, 2.24) is 0 Å². The van der Waals surface area contributed by atoms with E-state index >= 15 is 0 Å². The number of aliphatic hydroxyl groups is 1. The monoisotopic (exact) mass is 229 g/mol. The van der Waals surface area contributed by atoms with Crippen molar-refractivity contribution in [2.24, 2.45) is 5.73 Å². The van der Waals surface area contributed by atoms with Crippen molar-refractivity contribution < 1.29 is 9.84 Å². The fourth-order valence-electron chi connectivity index (χ4n) is 1.21. The lowest BCUT2D eigenvalue weighted by Gasteiger charge is -2.12. The second-order valence-corrected chi connectivity index (χ2v) is 3.83. The summed E-state index contributed by atoms with van der Waals surface area (Å²) >= 11 is 5.98. The molecule has 0 amide bonds. The highest BCUT2D eigenvalue weighted by molar-refractivity contribution is 6.32. The summed E-state index contributed by atoms with van der Waals surface area (Å²) in [7, 11) is 0. The third-order valence-corrected chi connectivity index (χ3v) is 2.35. The Kier molecular flexibility index (Phi) is 4.88. The van der Waals surface area contributed by atoms with Crippen LogP contribution in [0.1, 0.15) is 18.9 Å². The summed E-state index contributed by atoms with van der Waals surface area (Å²) in [5.41, 5.74) is 6.45. The number of hydrogen-bond donors (Lipinski definition) is 2. The zero-order valence-corrected chi connectivity index (χ0v) is 9.50. The first-order valence-corrected chi connectivity index (χ1v) is 5.31. The van der Waals surface area contributed by atoms with Crippen LogP contribution in [0.5, 0.6) is 5.75 Å². The van der Waals surface area contributed by atoms with Crippen molar-refractivity contribution in [3.8, 4) is 5.75 Å². The third-order valence-electron chi connectivity index (χ3n) is 2.05. The molecule has 0 spiro atoms. The zero-order chi connectivity index (χ0) is 11.3. The van der Waals surface area contributed by atoms with E-state index in [0.717, 1.165) is 5.56 Å². The van der Waals surface area contributed by atoms with Gasteiger partial charge in [0, 0.05) is 18.5 Å². The average Bonchev–Trinajstić information content (AvgIpc) is 2.20. The largest absolute Gasteiger partial charge is 0.492 e. The lowest BCUT2D eigenvalue weighted by molar-refractivity contribution is 0.155. The molecule has 0 fully saturated rings. The van der Waals surface area contributed by atoms with E-state index in [-0.39, 0.29) is 6.10 Å². The standard InChI is InChI=1S/C11H16ClNO2/c1-8(14)5-6-15-11-9(7-13)3-2-4-10(11)12/h2-4,8,14H,5-7,13H2,1H3. The minimum Gasteiger partial charge on any atom is -0.492 e. The highest BCUT2D eigenvalue weighted by Crippen LogP contribution is 2.28. The zero-order valence-electron chi connectivity index (χ0n) is 8.74. The predicted molar refractivity (Wildman–Crippen MR) is 61.1 cm³/mol. The summed E-state index contributed by atoms with van der Waals surface area (Å²) in [6.07, 6.45) is 0.212. The van der Waals surface area contributed by atoms with Gasteiger partial charge >= 0.3 is 0 Å². The summed E-state index contributed by atoms with van der Waals surface area (Å²) in [5, 5.41) is 9.65. The topological polar surface area (TPSA) is 55.5 Å². The van der Waals surface area contributed by atoms with E-state index in [2.05, 4.69) is 0 Å². The molecule has 1 aromatic carbocycles. The number of benzene rings is 1. The molecule has 0 saturated carbocycles. The molecule has 84 valence electrons. The van der Waals surface area contributed by atoms with Gasteiger partial charge in [-0.2, -0.15) is 0 Å². The second kappa shape index (κ2) is 5.95. The lowest BCUT2D eigenvalue weighted by atomic mass is 10.2. The summed E-state index contributed by atoms with van der Waals surface area (Å²) < 4.78 is 5.50. The van der Waals surface area contributed by atoms with Gasteiger partial charge in [-0.05, 0) is 13.0 Å². The van der Waals surface area contributed by atoms with Gasteiger partial charge in [0.15, 0.2) is 0 Å². The molecule has 3 N–H and O–H groups in total. The first kappa shape index (κ1) is 12.3. The summed E-state index contributed by atoms with van der Waals surface area (Å²) in [4.78, 5) is 0. The fraction of sp³-hybridized carbons (Fsp3) is 0.455. The number of halogens is 1. The van der Waals surface area contributed by atoms with Crippen LogP contribution in [0.3, 0.4) is 0 Å². The van der Waals surface area contributed by atoms with E-state index in [4.69, 9.17) is 27.2 Å². The highest BCUT2D eigenvalue weighted by atomic mass is 35.5. The molecule has 1 atom stereocenters. The van der Waals surface area contributed by atoms with Gasteiger partial charge in [-0.25, -0.2) is 0 Å². The van der Waals surface area contributed by atoms with Crippen LogP contribution >= 0.6 is 11.6 Å². The summed E-state index contributed by atoms with van der Waals surface area (Å²) in [6, 6.07) is 5.48.